The highest BCUT2D eigenvalue weighted by Gasteiger charge is 2.55. The predicted molar refractivity (Wildman–Crippen MR) is 96.6 cm³/mol. The maximum atomic E-state index is 12.9. The van der Waals surface area contributed by atoms with Crippen LogP contribution < -0.4 is 10.1 Å². The van der Waals surface area contributed by atoms with Crippen LogP contribution in [-0.2, 0) is 4.79 Å². The van der Waals surface area contributed by atoms with E-state index in [1.54, 1.807) is 32.0 Å². The lowest BCUT2D eigenvalue weighted by molar-refractivity contribution is -0.152. The van der Waals surface area contributed by atoms with Crippen molar-refractivity contribution in [1.29, 1.82) is 0 Å². The standard InChI is InChI=1S/C20H26ClNO3/c1-19(2,25-16-5-3-4-15(21)8-16)18(23)22-17-13-6-12-7-14(17)11-20(24,9-12)10-13/h3-5,8,12-14,17,24H,6-7,9-11H2,1-2H3,(H,22,23)/t12?,13-,14+,17?,20?. The zero-order valence-electron chi connectivity index (χ0n) is 14.8. The molecule has 4 bridgehead atoms. The zero-order chi connectivity index (χ0) is 17.8. The van der Waals surface area contributed by atoms with Crippen LogP contribution in [0.15, 0.2) is 24.3 Å². The molecule has 0 saturated heterocycles. The molecule has 5 atom stereocenters. The maximum absolute atomic E-state index is 12.9. The van der Waals surface area contributed by atoms with E-state index in [0.29, 0.717) is 28.5 Å². The first-order chi connectivity index (χ1) is 11.7. The topological polar surface area (TPSA) is 58.6 Å². The molecule has 1 aromatic rings. The van der Waals surface area contributed by atoms with Crippen molar-refractivity contribution in [3.8, 4) is 5.75 Å². The molecule has 5 rings (SSSR count). The summed E-state index contributed by atoms with van der Waals surface area (Å²) in [5, 5.41) is 14.5. The molecule has 3 unspecified atom stereocenters. The van der Waals surface area contributed by atoms with Gasteiger partial charge in [-0.2, -0.15) is 0 Å². The second-order valence-electron chi connectivity index (χ2n) is 8.76. The minimum absolute atomic E-state index is 0.100. The van der Waals surface area contributed by atoms with Gasteiger partial charge in [-0.1, -0.05) is 17.7 Å². The van der Waals surface area contributed by atoms with E-state index in [-0.39, 0.29) is 11.9 Å². The summed E-state index contributed by atoms with van der Waals surface area (Å²) >= 11 is 6.00. The van der Waals surface area contributed by atoms with Gasteiger partial charge in [-0.3, -0.25) is 4.79 Å². The number of carbonyl (C=O) groups excluding carboxylic acids is 1. The fourth-order valence-corrected chi connectivity index (χ4v) is 5.59. The second kappa shape index (κ2) is 5.88. The zero-order valence-corrected chi connectivity index (χ0v) is 15.6. The van der Waals surface area contributed by atoms with Crippen molar-refractivity contribution in [3.05, 3.63) is 29.3 Å². The highest BCUT2D eigenvalue weighted by atomic mass is 35.5. The molecule has 0 aliphatic heterocycles. The van der Waals surface area contributed by atoms with Crippen LogP contribution in [0.25, 0.3) is 0 Å². The number of aliphatic hydroxyl groups is 1. The van der Waals surface area contributed by atoms with E-state index in [9.17, 15) is 9.90 Å². The van der Waals surface area contributed by atoms with Gasteiger partial charge in [0, 0.05) is 11.1 Å². The van der Waals surface area contributed by atoms with Crippen LogP contribution in [0.1, 0.15) is 46.0 Å². The Kier molecular flexibility index (Phi) is 4.04. The van der Waals surface area contributed by atoms with E-state index in [4.69, 9.17) is 16.3 Å². The Balaban J connectivity index is 1.44. The number of halogens is 1. The largest absolute Gasteiger partial charge is 0.478 e. The number of rotatable bonds is 4. The van der Waals surface area contributed by atoms with E-state index in [1.165, 1.54) is 0 Å². The first-order valence-electron chi connectivity index (χ1n) is 9.22. The van der Waals surface area contributed by atoms with Crippen molar-refractivity contribution < 1.29 is 14.6 Å². The number of nitrogens with one attached hydrogen (secondary N) is 1. The molecule has 0 aromatic heterocycles. The van der Waals surface area contributed by atoms with Crippen LogP contribution in [0.2, 0.25) is 5.02 Å². The normalized spacial score (nSPS) is 36.3. The molecule has 4 saturated carbocycles. The van der Waals surface area contributed by atoms with Crippen molar-refractivity contribution in [1.82, 2.24) is 5.32 Å². The van der Waals surface area contributed by atoms with Gasteiger partial charge in [0.15, 0.2) is 5.60 Å². The van der Waals surface area contributed by atoms with Crippen molar-refractivity contribution in [2.45, 2.75) is 63.2 Å². The molecule has 4 aliphatic carbocycles. The molecule has 136 valence electrons. The minimum atomic E-state index is -0.976. The van der Waals surface area contributed by atoms with Crippen molar-refractivity contribution in [2.75, 3.05) is 0 Å². The molecule has 4 nitrogen and oxygen atoms in total. The van der Waals surface area contributed by atoms with Crippen LogP contribution in [-0.4, -0.2) is 28.3 Å². The Morgan fingerprint density at radius 1 is 1.28 bits per heavy atom. The third kappa shape index (κ3) is 3.26. The average molecular weight is 364 g/mol. The lowest BCUT2D eigenvalue weighted by Gasteiger charge is -2.58. The molecule has 1 aromatic carbocycles. The lowest BCUT2D eigenvalue weighted by atomic mass is 9.52. The van der Waals surface area contributed by atoms with E-state index >= 15 is 0 Å². The number of carbonyl (C=O) groups is 1. The quantitative estimate of drug-likeness (QED) is 0.860. The Labute approximate surface area is 153 Å². The van der Waals surface area contributed by atoms with E-state index in [2.05, 4.69) is 5.32 Å². The number of hydrogen-bond donors (Lipinski definition) is 2. The summed E-state index contributed by atoms with van der Waals surface area (Å²) in [7, 11) is 0. The first-order valence-corrected chi connectivity index (χ1v) is 9.60. The van der Waals surface area contributed by atoms with Crippen LogP contribution >= 0.6 is 11.6 Å². The third-order valence-corrected chi connectivity index (χ3v) is 6.49. The lowest BCUT2D eigenvalue weighted by Crippen LogP contribution is -2.63. The van der Waals surface area contributed by atoms with Gasteiger partial charge in [0.05, 0.1) is 5.60 Å². The number of ether oxygens (including phenoxy) is 1. The number of hydrogen-bond acceptors (Lipinski definition) is 3. The summed E-state index contributed by atoms with van der Waals surface area (Å²) < 4.78 is 5.91. The minimum Gasteiger partial charge on any atom is -0.478 e. The van der Waals surface area contributed by atoms with Gasteiger partial charge in [0.25, 0.3) is 5.91 Å². The third-order valence-electron chi connectivity index (χ3n) is 6.25. The van der Waals surface area contributed by atoms with Crippen molar-refractivity contribution >= 4 is 17.5 Å². The Bertz CT molecular complexity index is 673. The highest BCUT2D eigenvalue weighted by molar-refractivity contribution is 6.30. The van der Waals surface area contributed by atoms with Crippen LogP contribution in [0.3, 0.4) is 0 Å². The Morgan fingerprint density at radius 2 is 1.96 bits per heavy atom. The van der Waals surface area contributed by atoms with Crippen molar-refractivity contribution in [2.24, 2.45) is 17.8 Å². The molecule has 0 spiro atoms. The molecule has 0 heterocycles. The monoisotopic (exact) mass is 363 g/mol. The van der Waals surface area contributed by atoms with Gasteiger partial charge >= 0.3 is 0 Å². The van der Waals surface area contributed by atoms with Crippen LogP contribution in [0, 0.1) is 17.8 Å². The van der Waals surface area contributed by atoms with Gasteiger partial charge in [-0.25, -0.2) is 0 Å². The summed E-state index contributed by atoms with van der Waals surface area (Å²) in [6, 6.07) is 7.27. The summed E-state index contributed by atoms with van der Waals surface area (Å²) in [6.45, 7) is 3.57. The average Bonchev–Trinajstić information content (AvgIpc) is 2.48. The molecule has 25 heavy (non-hydrogen) atoms. The Hall–Kier alpha value is -1.26. The van der Waals surface area contributed by atoms with Crippen molar-refractivity contribution in [3.63, 3.8) is 0 Å². The summed E-state index contributed by atoms with van der Waals surface area (Å²) in [5.41, 5.74) is -1.46. The molecule has 2 N–H and O–H groups in total. The van der Waals surface area contributed by atoms with E-state index < -0.39 is 11.2 Å². The van der Waals surface area contributed by atoms with Gasteiger partial charge < -0.3 is 15.2 Å². The summed E-state index contributed by atoms with van der Waals surface area (Å²) in [5.74, 6) is 1.90. The molecule has 0 radical (unpaired) electrons. The number of benzene rings is 1. The highest BCUT2D eigenvalue weighted by Crippen LogP contribution is 2.55. The van der Waals surface area contributed by atoms with E-state index in [1.807, 2.05) is 6.07 Å². The number of amides is 1. The van der Waals surface area contributed by atoms with Gasteiger partial charge in [0.2, 0.25) is 0 Å². The van der Waals surface area contributed by atoms with Crippen LogP contribution in [0.5, 0.6) is 5.75 Å². The molecular formula is C20H26ClNO3. The second-order valence-corrected chi connectivity index (χ2v) is 9.20. The fraction of sp³-hybridized carbons (Fsp3) is 0.650. The van der Waals surface area contributed by atoms with Crippen LogP contribution in [0.4, 0.5) is 0 Å². The first kappa shape index (κ1) is 17.2. The van der Waals surface area contributed by atoms with Gasteiger partial charge in [0.1, 0.15) is 5.75 Å². The fourth-order valence-electron chi connectivity index (χ4n) is 5.41. The molecule has 5 heteroatoms. The van der Waals surface area contributed by atoms with Gasteiger partial charge in [-0.05, 0) is 81.9 Å². The smallest absolute Gasteiger partial charge is 0.263 e. The molecule has 4 aliphatic rings. The summed E-state index contributed by atoms with van der Waals surface area (Å²) in [6.07, 6.45) is 4.84. The predicted octanol–water partition coefficient (Wildman–Crippen LogP) is 3.55. The maximum Gasteiger partial charge on any atom is 0.263 e. The molecule has 1 amide bonds. The Morgan fingerprint density at radius 3 is 2.56 bits per heavy atom. The van der Waals surface area contributed by atoms with Gasteiger partial charge in [-0.15, -0.1) is 0 Å². The molecule has 4 fully saturated rings. The van der Waals surface area contributed by atoms with E-state index in [0.717, 1.165) is 32.1 Å². The SMILES string of the molecule is CC(C)(Oc1cccc(Cl)c1)C(=O)NC1[C@@H]2CC3C[C@H]1CC(O)(C3)C2. The molecular weight excluding hydrogens is 338 g/mol. The summed E-state index contributed by atoms with van der Waals surface area (Å²) in [4.78, 5) is 12.9.